The molecule has 0 amide bonds. The number of hydrogen-bond acceptors (Lipinski definition) is 6. The molecule has 152 valence electrons. The summed E-state index contributed by atoms with van der Waals surface area (Å²) in [6, 6.07) is 13.4. The van der Waals surface area contributed by atoms with E-state index in [0.29, 0.717) is 17.0 Å². The van der Waals surface area contributed by atoms with Crippen molar-refractivity contribution in [1.82, 2.24) is 19.7 Å². The first-order valence-corrected chi connectivity index (χ1v) is 10.0. The summed E-state index contributed by atoms with van der Waals surface area (Å²) in [4.78, 5) is 8.92. The van der Waals surface area contributed by atoms with Crippen molar-refractivity contribution in [2.24, 2.45) is 0 Å². The maximum absolute atomic E-state index is 10.4. The SMILES string of the molecule is COc1cc2ncnc(-c3cn(C4CCCCO4)nc3-c3ccccc3)c2cc1O. The van der Waals surface area contributed by atoms with Gasteiger partial charge in [0.05, 0.1) is 18.3 Å². The molecule has 1 aliphatic rings. The Morgan fingerprint density at radius 3 is 2.73 bits per heavy atom. The molecule has 1 atom stereocenters. The molecule has 30 heavy (non-hydrogen) atoms. The van der Waals surface area contributed by atoms with Crippen LogP contribution in [0, 0.1) is 0 Å². The lowest BCUT2D eigenvalue weighted by Crippen LogP contribution is -2.18. The fourth-order valence-electron chi connectivity index (χ4n) is 3.90. The van der Waals surface area contributed by atoms with E-state index in [1.54, 1.807) is 12.1 Å². The minimum Gasteiger partial charge on any atom is -0.504 e. The Labute approximate surface area is 173 Å². The number of benzene rings is 2. The fraction of sp³-hybridized carbons (Fsp3) is 0.261. The third-order valence-corrected chi connectivity index (χ3v) is 5.42. The van der Waals surface area contributed by atoms with Gasteiger partial charge in [0.1, 0.15) is 18.2 Å². The molecule has 4 aromatic rings. The molecule has 1 saturated heterocycles. The highest BCUT2D eigenvalue weighted by atomic mass is 16.5. The van der Waals surface area contributed by atoms with Crippen LogP contribution in [0.15, 0.2) is 55.0 Å². The fourth-order valence-corrected chi connectivity index (χ4v) is 3.90. The number of aromatic nitrogens is 4. The summed E-state index contributed by atoms with van der Waals surface area (Å²) in [7, 11) is 1.52. The van der Waals surface area contributed by atoms with Gasteiger partial charge in [0, 0.05) is 35.4 Å². The number of phenolic OH excluding ortho intramolecular Hbond substituents is 1. The second kappa shape index (κ2) is 7.76. The summed E-state index contributed by atoms with van der Waals surface area (Å²) in [6.45, 7) is 0.741. The summed E-state index contributed by atoms with van der Waals surface area (Å²) in [5.74, 6) is 0.423. The Bertz CT molecular complexity index is 1180. The molecule has 0 radical (unpaired) electrons. The monoisotopic (exact) mass is 402 g/mol. The van der Waals surface area contributed by atoms with Crippen LogP contribution >= 0.6 is 0 Å². The van der Waals surface area contributed by atoms with Crippen LogP contribution in [-0.4, -0.2) is 38.6 Å². The van der Waals surface area contributed by atoms with Crippen molar-refractivity contribution in [1.29, 1.82) is 0 Å². The van der Waals surface area contributed by atoms with Crippen LogP contribution in [-0.2, 0) is 4.74 Å². The van der Waals surface area contributed by atoms with Crippen molar-refractivity contribution in [3.8, 4) is 34.0 Å². The first-order chi connectivity index (χ1) is 14.7. The van der Waals surface area contributed by atoms with Gasteiger partial charge in [-0.15, -0.1) is 0 Å². The number of nitrogens with zero attached hydrogens (tertiary/aromatic N) is 4. The van der Waals surface area contributed by atoms with Gasteiger partial charge in [-0.25, -0.2) is 14.6 Å². The zero-order valence-electron chi connectivity index (χ0n) is 16.7. The predicted molar refractivity (Wildman–Crippen MR) is 113 cm³/mol. The highest BCUT2D eigenvalue weighted by Crippen LogP contribution is 2.38. The lowest BCUT2D eigenvalue weighted by atomic mass is 10.0. The second-order valence-corrected chi connectivity index (χ2v) is 7.32. The first-order valence-electron chi connectivity index (χ1n) is 10.0. The van der Waals surface area contributed by atoms with E-state index >= 15 is 0 Å². The van der Waals surface area contributed by atoms with Crippen LogP contribution in [0.5, 0.6) is 11.5 Å². The predicted octanol–water partition coefficient (Wildman–Crippen LogP) is 4.57. The molecule has 1 unspecified atom stereocenters. The molecule has 0 spiro atoms. The molecule has 2 aromatic heterocycles. The average Bonchev–Trinajstić information content (AvgIpc) is 3.25. The number of fused-ring (bicyclic) bond motifs is 1. The highest BCUT2D eigenvalue weighted by Gasteiger charge is 2.23. The molecule has 5 rings (SSSR count). The minimum atomic E-state index is -0.0865. The van der Waals surface area contributed by atoms with Crippen LogP contribution in [0.2, 0.25) is 0 Å². The number of rotatable bonds is 4. The highest BCUT2D eigenvalue weighted by molar-refractivity contribution is 5.97. The van der Waals surface area contributed by atoms with Gasteiger partial charge < -0.3 is 14.6 Å². The molecule has 0 aliphatic carbocycles. The zero-order valence-corrected chi connectivity index (χ0v) is 16.7. The van der Waals surface area contributed by atoms with E-state index in [9.17, 15) is 5.11 Å². The second-order valence-electron chi connectivity index (χ2n) is 7.32. The number of aromatic hydroxyl groups is 1. The van der Waals surface area contributed by atoms with E-state index in [1.807, 2.05) is 41.2 Å². The van der Waals surface area contributed by atoms with Gasteiger partial charge in [-0.05, 0) is 25.3 Å². The molecule has 0 bridgehead atoms. The molecule has 1 fully saturated rings. The molecular formula is C23H22N4O3. The largest absolute Gasteiger partial charge is 0.504 e. The molecule has 1 aliphatic heterocycles. The molecule has 1 N–H and O–H groups in total. The van der Waals surface area contributed by atoms with Crippen molar-refractivity contribution in [3.63, 3.8) is 0 Å². The summed E-state index contributed by atoms with van der Waals surface area (Å²) in [6.07, 6.45) is 6.55. The van der Waals surface area contributed by atoms with Gasteiger partial charge in [-0.1, -0.05) is 30.3 Å². The van der Waals surface area contributed by atoms with Gasteiger partial charge in [-0.3, -0.25) is 0 Å². The number of phenols is 1. The quantitative estimate of drug-likeness (QED) is 0.538. The molecule has 3 heterocycles. The van der Waals surface area contributed by atoms with Gasteiger partial charge >= 0.3 is 0 Å². The van der Waals surface area contributed by atoms with Gasteiger partial charge in [0.15, 0.2) is 11.5 Å². The van der Waals surface area contributed by atoms with Crippen molar-refractivity contribution < 1.29 is 14.6 Å². The van der Waals surface area contributed by atoms with Crippen molar-refractivity contribution >= 4 is 10.9 Å². The molecule has 2 aromatic carbocycles. The van der Waals surface area contributed by atoms with E-state index in [0.717, 1.165) is 48.1 Å². The molecule has 0 saturated carbocycles. The van der Waals surface area contributed by atoms with Gasteiger partial charge in [0.2, 0.25) is 0 Å². The van der Waals surface area contributed by atoms with E-state index in [1.165, 1.54) is 13.4 Å². The number of methoxy groups -OCH3 is 1. The Kier molecular flexibility index (Phi) is 4.80. The topological polar surface area (TPSA) is 82.3 Å². The van der Waals surface area contributed by atoms with Crippen LogP contribution < -0.4 is 4.74 Å². The van der Waals surface area contributed by atoms with Crippen LogP contribution in [0.3, 0.4) is 0 Å². The van der Waals surface area contributed by atoms with E-state index < -0.39 is 0 Å². The maximum atomic E-state index is 10.4. The Morgan fingerprint density at radius 2 is 1.97 bits per heavy atom. The molecule has 7 nitrogen and oxygen atoms in total. The van der Waals surface area contributed by atoms with E-state index in [2.05, 4.69) is 9.97 Å². The van der Waals surface area contributed by atoms with Crippen LogP contribution in [0.1, 0.15) is 25.5 Å². The standard InChI is InChI=1S/C23H22N4O3/c1-29-20-12-18-16(11-19(20)28)23(25-14-24-18)17-13-27(21-9-5-6-10-30-21)26-22(17)15-7-3-2-4-8-15/h2-4,7-8,11-14,21,28H,5-6,9-10H2,1H3. The average molecular weight is 402 g/mol. The Morgan fingerprint density at radius 1 is 1.10 bits per heavy atom. The first kappa shape index (κ1) is 18.6. The van der Waals surface area contributed by atoms with Gasteiger partial charge in [-0.2, -0.15) is 5.10 Å². The number of hydrogen-bond donors (Lipinski definition) is 1. The Balaban J connectivity index is 1.71. The lowest BCUT2D eigenvalue weighted by Gasteiger charge is -2.22. The third kappa shape index (κ3) is 3.27. The number of ether oxygens (including phenoxy) is 2. The van der Waals surface area contributed by atoms with Crippen molar-refractivity contribution in [2.45, 2.75) is 25.5 Å². The zero-order chi connectivity index (χ0) is 20.5. The van der Waals surface area contributed by atoms with Crippen LogP contribution in [0.25, 0.3) is 33.4 Å². The van der Waals surface area contributed by atoms with Gasteiger partial charge in [0.25, 0.3) is 0 Å². The molecule has 7 heteroatoms. The summed E-state index contributed by atoms with van der Waals surface area (Å²) < 4.78 is 13.1. The van der Waals surface area contributed by atoms with Crippen molar-refractivity contribution in [3.05, 3.63) is 55.0 Å². The molecular weight excluding hydrogens is 380 g/mol. The van der Waals surface area contributed by atoms with Crippen LogP contribution in [0.4, 0.5) is 0 Å². The summed E-state index contributed by atoms with van der Waals surface area (Å²) in [5, 5.41) is 16.0. The normalized spacial score (nSPS) is 16.6. The maximum Gasteiger partial charge on any atom is 0.162 e. The summed E-state index contributed by atoms with van der Waals surface area (Å²) >= 11 is 0. The lowest BCUT2D eigenvalue weighted by molar-refractivity contribution is -0.0393. The third-order valence-electron chi connectivity index (χ3n) is 5.42. The Hall–Kier alpha value is -3.45. The van der Waals surface area contributed by atoms with Crippen molar-refractivity contribution in [2.75, 3.05) is 13.7 Å². The van der Waals surface area contributed by atoms with E-state index in [-0.39, 0.29) is 12.0 Å². The minimum absolute atomic E-state index is 0.0466. The van der Waals surface area contributed by atoms with E-state index in [4.69, 9.17) is 14.6 Å². The summed E-state index contributed by atoms with van der Waals surface area (Å²) in [5.41, 5.74) is 4.08. The smallest absolute Gasteiger partial charge is 0.162 e.